The first-order chi connectivity index (χ1) is 10.2. The molecule has 1 rings (SSSR count). The summed E-state index contributed by atoms with van der Waals surface area (Å²) < 4.78 is 21.0. The van der Waals surface area contributed by atoms with Gasteiger partial charge in [0, 0.05) is 12.1 Å². The van der Waals surface area contributed by atoms with Gasteiger partial charge in [-0.2, -0.15) is 0 Å². The van der Waals surface area contributed by atoms with E-state index in [1.165, 1.54) is 0 Å². The molecule has 3 heteroatoms. The van der Waals surface area contributed by atoms with E-state index in [4.69, 9.17) is 4.43 Å². The van der Waals surface area contributed by atoms with E-state index in [0.29, 0.717) is 17.5 Å². The zero-order chi connectivity index (χ0) is 17.1. The number of halogens is 1. The van der Waals surface area contributed by atoms with Crippen molar-refractivity contribution in [2.45, 2.75) is 64.1 Å². The molecule has 1 aromatic rings. The molecule has 0 unspecified atom stereocenters. The van der Waals surface area contributed by atoms with Crippen molar-refractivity contribution in [2.75, 3.05) is 7.11 Å². The first-order valence-electron chi connectivity index (χ1n) is 8.10. The molecule has 0 aliphatic carbocycles. The fourth-order valence-corrected chi connectivity index (χ4v) is 11.0. The van der Waals surface area contributed by atoms with Gasteiger partial charge in [-0.15, -0.1) is 6.58 Å². The Hall–Kier alpha value is -0.933. The van der Waals surface area contributed by atoms with Gasteiger partial charge in [-0.1, -0.05) is 59.8 Å². The molecule has 0 radical (unpaired) electrons. The zero-order valence-electron chi connectivity index (χ0n) is 15.2. The Labute approximate surface area is 136 Å². The Morgan fingerprint density at radius 2 is 1.77 bits per heavy atom. The lowest BCUT2D eigenvalue weighted by Gasteiger charge is -2.50. The summed E-state index contributed by atoms with van der Waals surface area (Å²) >= 11 is 0. The maximum Gasteiger partial charge on any atom is 0.207 e. The lowest BCUT2D eigenvalue weighted by molar-refractivity contribution is 0.332. The third kappa shape index (κ3) is 2.93. The van der Waals surface area contributed by atoms with E-state index in [9.17, 15) is 4.39 Å². The highest BCUT2D eigenvalue weighted by molar-refractivity contribution is 6.79. The third-order valence-electron chi connectivity index (χ3n) is 5.12. The molecule has 0 saturated carbocycles. The number of benzene rings is 1. The summed E-state index contributed by atoms with van der Waals surface area (Å²) in [6.45, 7) is 17.0. The van der Waals surface area contributed by atoms with Crippen LogP contribution in [0.25, 0.3) is 0 Å². The molecule has 124 valence electrons. The summed E-state index contributed by atoms with van der Waals surface area (Å²) in [7, 11) is -0.451. The Kier molecular flexibility index (Phi) is 6.16. The van der Waals surface area contributed by atoms with Crippen LogP contribution in [0.3, 0.4) is 0 Å². The average molecular weight is 323 g/mol. The molecule has 0 heterocycles. The molecule has 0 fully saturated rings. The molecule has 0 bridgehead atoms. The summed E-state index contributed by atoms with van der Waals surface area (Å²) in [5.74, 6) is -0.125. The molecule has 1 nitrogen and oxygen atoms in total. The van der Waals surface area contributed by atoms with Crippen LogP contribution in [0.15, 0.2) is 30.9 Å². The van der Waals surface area contributed by atoms with E-state index < -0.39 is 8.32 Å². The molecule has 0 atom stereocenters. The number of rotatable bonds is 7. The normalized spacial score (nSPS) is 13.0. The predicted octanol–water partition coefficient (Wildman–Crippen LogP) is 5.78. The van der Waals surface area contributed by atoms with Gasteiger partial charge in [-0.3, -0.25) is 0 Å². The van der Waals surface area contributed by atoms with Gasteiger partial charge in [0.1, 0.15) is 5.82 Å². The first kappa shape index (κ1) is 19.1. The van der Waals surface area contributed by atoms with E-state index in [-0.39, 0.29) is 10.9 Å². The van der Waals surface area contributed by atoms with Crippen LogP contribution in [-0.4, -0.2) is 15.4 Å². The lowest BCUT2D eigenvalue weighted by Crippen LogP contribution is -2.59. The van der Waals surface area contributed by atoms with Crippen molar-refractivity contribution in [3.05, 3.63) is 47.8 Å². The van der Waals surface area contributed by atoms with Gasteiger partial charge >= 0.3 is 0 Å². The second-order valence-electron chi connectivity index (χ2n) is 7.20. The zero-order valence-corrected chi connectivity index (χ0v) is 16.2. The minimum atomic E-state index is -2.26. The standard InChI is InChI=1S/C19H31FOSi/c1-9-11-16-12-10-13-17(20)18(16)19(6,7)22(21-8,14(2)3)15(4)5/h9-10,12-15H,1,11H2,2-8H3. The molecular weight excluding hydrogens is 291 g/mol. The second kappa shape index (κ2) is 7.09. The van der Waals surface area contributed by atoms with Crippen molar-refractivity contribution >= 4 is 8.32 Å². The highest BCUT2D eigenvalue weighted by atomic mass is 28.4. The fourth-order valence-electron chi connectivity index (χ4n) is 4.63. The Morgan fingerprint density at radius 1 is 1.23 bits per heavy atom. The molecule has 0 saturated heterocycles. The summed E-state index contributed by atoms with van der Waals surface area (Å²) in [5, 5.41) is -0.326. The van der Waals surface area contributed by atoms with E-state index in [2.05, 4.69) is 48.1 Å². The van der Waals surface area contributed by atoms with E-state index >= 15 is 0 Å². The van der Waals surface area contributed by atoms with Crippen LogP contribution in [-0.2, 0) is 15.9 Å². The monoisotopic (exact) mass is 322 g/mol. The molecule has 0 spiro atoms. The minimum Gasteiger partial charge on any atom is -0.419 e. The van der Waals surface area contributed by atoms with Crippen LogP contribution in [0.4, 0.5) is 4.39 Å². The van der Waals surface area contributed by atoms with Crippen molar-refractivity contribution in [1.29, 1.82) is 0 Å². The maximum atomic E-state index is 14.8. The van der Waals surface area contributed by atoms with Crippen LogP contribution in [0.1, 0.15) is 52.7 Å². The van der Waals surface area contributed by atoms with E-state index in [1.807, 2.05) is 19.3 Å². The van der Waals surface area contributed by atoms with Crippen molar-refractivity contribution in [2.24, 2.45) is 0 Å². The topological polar surface area (TPSA) is 9.23 Å². The Morgan fingerprint density at radius 3 is 2.18 bits per heavy atom. The van der Waals surface area contributed by atoms with Gasteiger partial charge in [0.2, 0.25) is 8.32 Å². The minimum absolute atomic E-state index is 0.125. The molecule has 0 amide bonds. The van der Waals surface area contributed by atoms with Crippen LogP contribution in [0, 0.1) is 5.82 Å². The van der Waals surface area contributed by atoms with Gasteiger partial charge in [0.15, 0.2) is 0 Å². The smallest absolute Gasteiger partial charge is 0.207 e. The van der Waals surface area contributed by atoms with Gasteiger partial charge in [-0.05, 0) is 34.7 Å². The van der Waals surface area contributed by atoms with E-state index in [1.54, 1.807) is 12.1 Å². The van der Waals surface area contributed by atoms with Crippen molar-refractivity contribution in [3.8, 4) is 0 Å². The number of hydrogen-bond acceptors (Lipinski definition) is 1. The van der Waals surface area contributed by atoms with Crippen LogP contribution >= 0.6 is 0 Å². The fraction of sp³-hybridized carbons (Fsp3) is 0.579. The summed E-state index contributed by atoms with van der Waals surface area (Å²) in [6, 6.07) is 5.37. The molecule has 22 heavy (non-hydrogen) atoms. The van der Waals surface area contributed by atoms with Crippen LogP contribution in [0.2, 0.25) is 11.1 Å². The largest absolute Gasteiger partial charge is 0.419 e. The van der Waals surface area contributed by atoms with E-state index in [0.717, 1.165) is 11.1 Å². The highest BCUT2D eigenvalue weighted by Crippen LogP contribution is 2.49. The molecule has 0 aliphatic heterocycles. The quantitative estimate of drug-likeness (QED) is 0.456. The van der Waals surface area contributed by atoms with Gasteiger partial charge in [0.25, 0.3) is 0 Å². The Balaban J connectivity index is 3.66. The van der Waals surface area contributed by atoms with Crippen molar-refractivity contribution < 1.29 is 8.82 Å². The SMILES string of the molecule is C=CCc1cccc(F)c1C(C)(C)[Si](OC)(C(C)C)C(C)C. The molecule has 1 aromatic carbocycles. The Bertz CT molecular complexity index is 512. The molecule has 0 N–H and O–H groups in total. The van der Waals surface area contributed by atoms with Crippen LogP contribution < -0.4 is 0 Å². The van der Waals surface area contributed by atoms with Crippen molar-refractivity contribution in [1.82, 2.24) is 0 Å². The summed E-state index contributed by atoms with van der Waals surface area (Å²) in [6.07, 6.45) is 2.52. The molecule has 0 aromatic heterocycles. The summed E-state index contributed by atoms with van der Waals surface area (Å²) in [4.78, 5) is 0. The van der Waals surface area contributed by atoms with Crippen LogP contribution in [0.5, 0.6) is 0 Å². The predicted molar refractivity (Wildman–Crippen MR) is 96.3 cm³/mol. The van der Waals surface area contributed by atoms with Crippen molar-refractivity contribution in [3.63, 3.8) is 0 Å². The molecule has 0 aliphatic rings. The number of hydrogen-bond donors (Lipinski definition) is 0. The van der Waals surface area contributed by atoms with Gasteiger partial charge in [-0.25, -0.2) is 4.39 Å². The maximum absolute atomic E-state index is 14.8. The van der Waals surface area contributed by atoms with Gasteiger partial charge in [0.05, 0.1) is 0 Å². The summed E-state index contributed by atoms with van der Waals surface area (Å²) in [5.41, 5.74) is 2.62. The van der Waals surface area contributed by atoms with Gasteiger partial charge < -0.3 is 4.43 Å². The second-order valence-corrected chi connectivity index (χ2v) is 12.8. The highest BCUT2D eigenvalue weighted by Gasteiger charge is 2.55. The lowest BCUT2D eigenvalue weighted by atomic mass is 9.93. The third-order valence-corrected chi connectivity index (χ3v) is 11.4. The molecular formula is C19H31FOSi. The number of allylic oxidation sites excluding steroid dienone is 1. The first-order valence-corrected chi connectivity index (χ1v) is 10.2. The average Bonchev–Trinajstić information content (AvgIpc) is 2.38.